The predicted molar refractivity (Wildman–Crippen MR) is 185 cm³/mol. The Hall–Kier alpha value is -1.19. The number of alkyl halides is 3. The lowest BCUT2D eigenvalue weighted by molar-refractivity contribution is -0.218. The summed E-state index contributed by atoms with van der Waals surface area (Å²) in [5.41, 5.74) is 2.88. The van der Waals surface area contributed by atoms with Gasteiger partial charge in [0.15, 0.2) is 0 Å². The van der Waals surface area contributed by atoms with Gasteiger partial charge in [0.25, 0.3) is 0 Å². The maximum absolute atomic E-state index is 14.7. The van der Waals surface area contributed by atoms with Crippen molar-refractivity contribution in [2.24, 2.45) is 51.8 Å². The van der Waals surface area contributed by atoms with Crippen molar-refractivity contribution < 1.29 is 27.3 Å². The zero-order valence-corrected chi connectivity index (χ0v) is 30.5. The number of carboxylic acid groups (broad SMARTS) is 1. The summed E-state index contributed by atoms with van der Waals surface area (Å²) in [6.45, 7) is 11.0. The molecule has 5 nitrogen and oxygen atoms in total. The second kappa shape index (κ2) is 12.5. The number of halogens is 3. The number of aliphatic carboxylic acids is 1. The van der Waals surface area contributed by atoms with Gasteiger partial charge in [0.05, 0.1) is 5.92 Å². The van der Waals surface area contributed by atoms with E-state index in [9.17, 15) is 27.3 Å². The van der Waals surface area contributed by atoms with Crippen molar-refractivity contribution in [2.45, 2.75) is 129 Å². The molecule has 48 heavy (non-hydrogen) atoms. The van der Waals surface area contributed by atoms with Crippen molar-refractivity contribution in [1.29, 1.82) is 0 Å². The molecule has 0 amide bonds. The molecule has 1 heterocycles. The molecule has 0 aromatic rings. The van der Waals surface area contributed by atoms with Gasteiger partial charge < -0.3 is 5.11 Å². The van der Waals surface area contributed by atoms with Gasteiger partial charge in [-0.05, 0) is 134 Å². The highest BCUT2D eigenvalue weighted by molar-refractivity contribution is 7.85. The summed E-state index contributed by atoms with van der Waals surface area (Å²) in [6, 6.07) is -1.55. The third-order valence-corrected chi connectivity index (χ3v) is 17.5. The number of carboxylic acids is 1. The first kappa shape index (κ1) is 35.2. The smallest absolute Gasteiger partial charge is 0.405 e. The van der Waals surface area contributed by atoms with Gasteiger partial charge in [0, 0.05) is 47.5 Å². The van der Waals surface area contributed by atoms with Crippen molar-refractivity contribution in [2.75, 3.05) is 31.1 Å². The minimum Gasteiger partial charge on any atom is -0.481 e. The number of allylic oxidation sites excluding steroid dienone is 4. The van der Waals surface area contributed by atoms with E-state index in [1.807, 2.05) is 4.90 Å². The topological polar surface area (TPSA) is 69.6 Å². The minimum absolute atomic E-state index is 0.0403. The monoisotopic (exact) mass is 692 g/mol. The van der Waals surface area contributed by atoms with Crippen LogP contribution in [0.2, 0.25) is 0 Å². The standard InChI is InChI=1S/C39H59F3N2O3S/c1-25-28(26-7-9-27(10-8-26)34(45)46)13-16-35(2)29(25)14-17-37(4)32(35)12-11-30-31-6-5-15-38(31,19-18-36(30,37)3)43-33(39(40,41)42)24-44-20-22-48(47)23-21-44/h7,13,25,27,29-33,43H,5-6,8-12,14-24H2,1-4H3,(H,45,46)/t25?,27?,29?,30?,31?,32?,33?,35-,36+,37+,38-/m0/s1. The van der Waals surface area contributed by atoms with E-state index in [1.54, 1.807) is 0 Å². The van der Waals surface area contributed by atoms with Crippen LogP contribution < -0.4 is 5.32 Å². The highest BCUT2D eigenvalue weighted by Crippen LogP contribution is 2.75. The lowest BCUT2D eigenvalue weighted by Crippen LogP contribution is -2.69. The highest BCUT2D eigenvalue weighted by Gasteiger charge is 2.69. The molecular formula is C39H59F3N2O3S. The van der Waals surface area contributed by atoms with Gasteiger partial charge in [-0.3, -0.25) is 19.2 Å². The minimum atomic E-state index is -4.31. The molecule has 4 saturated carbocycles. The summed E-state index contributed by atoms with van der Waals surface area (Å²) in [4.78, 5) is 13.5. The first-order chi connectivity index (χ1) is 22.6. The number of nitrogens with one attached hydrogen (secondary N) is 1. The Morgan fingerprint density at radius 3 is 2.40 bits per heavy atom. The Kier molecular flexibility index (Phi) is 9.17. The molecule has 0 aromatic heterocycles. The van der Waals surface area contributed by atoms with Crippen molar-refractivity contribution in [3.63, 3.8) is 0 Å². The van der Waals surface area contributed by atoms with Gasteiger partial charge in [0.2, 0.25) is 0 Å². The predicted octanol–water partition coefficient (Wildman–Crippen LogP) is 8.14. The second-order valence-corrected chi connectivity index (χ2v) is 19.7. The summed E-state index contributed by atoms with van der Waals surface area (Å²) in [7, 11) is -0.906. The van der Waals surface area contributed by atoms with Crippen LogP contribution in [0.5, 0.6) is 0 Å². The van der Waals surface area contributed by atoms with Crippen molar-refractivity contribution in [3.8, 4) is 0 Å². The van der Waals surface area contributed by atoms with E-state index in [0.717, 1.165) is 57.8 Å². The largest absolute Gasteiger partial charge is 0.481 e. The third-order valence-electron chi connectivity index (χ3n) is 16.3. The van der Waals surface area contributed by atoms with E-state index in [0.29, 0.717) is 54.7 Å². The average molecular weight is 693 g/mol. The number of hydrogen-bond acceptors (Lipinski definition) is 4. The Labute approximate surface area is 288 Å². The zero-order valence-electron chi connectivity index (χ0n) is 29.7. The summed E-state index contributed by atoms with van der Waals surface area (Å²) >= 11 is 0. The Bertz CT molecular complexity index is 1360. The van der Waals surface area contributed by atoms with Crippen molar-refractivity contribution >= 4 is 16.8 Å². The van der Waals surface area contributed by atoms with E-state index in [2.05, 4.69) is 45.2 Å². The van der Waals surface area contributed by atoms with Crippen LogP contribution in [0.1, 0.15) is 111 Å². The first-order valence-electron chi connectivity index (χ1n) is 19.2. The maximum atomic E-state index is 14.7. The number of nitrogens with zero attached hydrogens (tertiary/aromatic N) is 1. The van der Waals surface area contributed by atoms with E-state index in [4.69, 9.17) is 0 Å². The molecule has 0 aromatic carbocycles. The molecule has 0 bridgehead atoms. The lowest BCUT2D eigenvalue weighted by Gasteiger charge is -2.71. The fourth-order valence-electron chi connectivity index (χ4n) is 13.5. The van der Waals surface area contributed by atoms with Gasteiger partial charge in [-0.15, -0.1) is 0 Å². The Morgan fingerprint density at radius 2 is 1.73 bits per heavy atom. The van der Waals surface area contributed by atoms with Crippen LogP contribution in [-0.2, 0) is 15.6 Å². The number of fused-ring (bicyclic) bond motifs is 7. The van der Waals surface area contributed by atoms with Crippen LogP contribution >= 0.6 is 0 Å². The van der Waals surface area contributed by atoms with Crippen LogP contribution in [0, 0.1) is 51.8 Å². The highest BCUT2D eigenvalue weighted by atomic mass is 32.2. The quantitative estimate of drug-likeness (QED) is 0.294. The Morgan fingerprint density at radius 1 is 0.979 bits per heavy atom. The average Bonchev–Trinajstić information content (AvgIpc) is 3.46. The molecule has 7 aliphatic rings. The maximum Gasteiger partial charge on any atom is 0.405 e. The fourth-order valence-corrected chi connectivity index (χ4v) is 14.6. The van der Waals surface area contributed by atoms with Crippen LogP contribution in [0.15, 0.2) is 23.3 Å². The van der Waals surface area contributed by atoms with E-state index >= 15 is 0 Å². The first-order valence-corrected chi connectivity index (χ1v) is 20.6. The van der Waals surface area contributed by atoms with Gasteiger partial charge in [0.1, 0.15) is 6.04 Å². The molecule has 7 rings (SSSR count). The molecule has 9 heteroatoms. The Balaban J connectivity index is 1.11. The molecule has 0 radical (unpaired) electrons. The van der Waals surface area contributed by atoms with Crippen molar-refractivity contribution in [1.82, 2.24) is 10.2 Å². The molecule has 1 saturated heterocycles. The molecular weight excluding hydrogens is 634 g/mol. The van der Waals surface area contributed by atoms with E-state index < -0.39 is 34.5 Å². The molecule has 11 atom stereocenters. The molecule has 2 N–H and O–H groups in total. The summed E-state index contributed by atoms with van der Waals surface area (Å²) in [5.74, 6) is 2.39. The fraction of sp³-hybridized carbons (Fsp3) is 0.872. The molecule has 1 aliphatic heterocycles. The number of rotatable bonds is 6. The summed E-state index contributed by atoms with van der Waals surface area (Å²) in [5, 5.41) is 12.9. The molecule has 7 unspecified atom stereocenters. The molecule has 5 fully saturated rings. The van der Waals surface area contributed by atoms with Gasteiger partial charge in [-0.25, -0.2) is 0 Å². The van der Waals surface area contributed by atoms with Crippen LogP contribution in [-0.4, -0.2) is 69.1 Å². The molecule has 0 spiro atoms. The summed E-state index contributed by atoms with van der Waals surface area (Å²) in [6.07, 6.45) is 13.1. The van der Waals surface area contributed by atoms with Gasteiger partial charge >= 0.3 is 12.1 Å². The van der Waals surface area contributed by atoms with Crippen LogP contribution in [0.25, 0.3) is 0 Å². The molecule has 270 valence electrons. The van der Waals surface area contributed by atoms with E-state index in [-0.39, 0.29) is 34.6 Å². The third kappa shape index (κ3) is 5.61. The zero-order chi connectivity index (χ0) is 34.3. The number of carbonyl (C=O) groups is 1. The normalized spacial score (nSPS) is 46.0. The molecule has 6 aliphatic carbocycles. The summed E-state index contributed by atoms with van der Waals surface area (Å²) < 4.78 is 56.0. The second-order valence-electron chi connectivity index (χ2n) is 18.0. The van der Waals surface area contributed by atoms with Crippen LogP contribution in [0.3, 0.4) is 0 Å². The number of hydrogen-bond donors (Lipinski definition) is 2. The van der Waals surface area contributed by atoms with Crippen molar-refractivity contribution in [3.05, 3.63) is 23.3 Å². The van der Waals surface area contributed by atoms with E-state index in [1.165, 1.54) is 30.4 Å². The lowest BCUT2D eigenvalue weighted by atomic mass is 9.34. The van der Waals surface area contributed by atoms with Crippen LogP contribution in [0.4, 0.5) is 13.2 Å². The van der Waals surface area contributed by atoms with Gasteiger partial charge in [-0.1, -0.05) is 46.3 Å². The SMILES string of the molecule is CC1C(C2=CCC(C(=O)O)CC2)=CC[C@@]2(C)C1CC[C@]1(C)C2CCC2C3CCC[C@]3(NC(CN3CCS(=O)CC3)C(F)(F)F)CC[C@]21C. The van der Waals surface area contributed by atoms with Gasteiger partial charge in [-0.2, -0.15) is 13.2 Å².